The Bertz CT molecular complexity index is 403. The highest BCUT2D eigenvalue weighted by Crippen LogP contribution is 2.21. The Morgan fingerprint density at radius 3 is 2.05 bits per heavy atom. The van der Waals surface area contributed by atoms with Crippen molar-refractivity contribution >= 4 is 11.8 Å². The van der Waals surface area contributed by atoms with E-state index in [9.17, 15) is 9.59 Å². The zero-order valence-electron chi connectivity index (χ0n) is 13.0. The number of hydrogen-bond donors (Lipinski definition) is 0. The van der Waals surface area contributed by atoms with Gasteiger partial charge >= 0.3 is 0 Å². The van der Waals surface area contributed by atoms with Crippen molar-refractivity contribution in [3.63, 3.8) is 0 Å². The molecule has 2 amide bonds. The monoisotopic (exact) mass is 285 g/mol. The van der Waals surface area contributed by atoms with Gasteiger partial charge in [0.05, 0.1) is 12.1 Å². The molecule has 0 saturated heterocycles. The summed E-state index contributed by atoms with van der Waals surface area (Å²) < 4.78 is 5.11. The van der Waals surface area contributed by atoms with Crippen LogP contribution in [0, 0.1) is 0 Å². The van der Waals surface area contributed by atoms with Crippen LogP contribution < -0.4 is 0 Å². The summed E-state index contributed by atoms with van der Waals surface area (Å²) in [7, 11) is 1.44. The number of methoxy groups -OCH3 is 1. The van der Waals surface area contributed by atoms with Gasteiger partial charge in [0.15, 0.2) is 0 Å². The van der Waals surface area contributed by atoms with Crippen LogP contribution in [0.4, 0.5) is 0 Å². The molecule has 0 radical (unpaired) electrons. The minimum Gasteiger partial charge on any atom is -0.352 e. The lowest BCUT2D eigenvalue weighted by molar-refractivity contribution is -0.416. The van der Waals surface area contributed by atoms with E-state index in [-0.39, 0.29) is 18.4 Å². The SMILES string of the molecule is CCC(C)(C)OOC(CN1C(=O)C(C)=C(C)C1=O)OC. The fourth-order valence-corrected chi connectivity index (χ4v) is 1.52. The standard InChI is InChI=1S/C14H23NO5/c1-7-14(4,5)20-19-11(18-6)8-15-12(16)9(2)10(3)13(15)17/h11H,7-8H2,1-6H3. The summed E-state index contributed by atoms with van der Waals surface area (Å²) in [5, 5.41) is 0. The molecule has 20 heavy (non-hydrogen) atoms. The van der Waals surface area contributed by atoms with Gasteiger partial charge in [-0.2, -0.15) is 0 Å². The topological polar surface area (TPSA) is 65.1 Å². The third-order valence-corrected chi connectivity index (χ3v) is 3.52. The quantitative estimate of drug-likeness (QED) is 0.309. The number of hydrogen-bond acceptors (Lipinski definition) is 5. The molecule has 1 heterocycles. The van der Waals surface area contributed by atoms with Crippen LogP contribution in [0.1, 0.15) is 41.0 Å². The van der Waals surface area contributed by atoms with E-state index in [1.165, 1.54) is 7.11 Å². The zero-order chi connectivity index (χ0) is 15.5. The molecule has 1 unspecified atom stereocenters. The fraction of sp³-hybridized carbons (Fsp3) is 0.714. The normalized spacial score (nSPS) is 18.2. The van der Waals surface area contributed by atoms with E-state index in [1.54, 1.807) is 13.8 Å². The smallest absolute Gasteiger partial charge is 0.257 e. The third-order valence-electron chi connectivity index (χ3n) is 3.52. The zero-order valence-corrected chi connectivity index (χ0v) is 13.0. The van der Waals surface area contributed by atoms with E-state index >= 15 is 0 Å². The van der Waals surface area contributed by atoms with Crippen LogP contribution in [0.15, 0.2) is 11.1 Å². The van der Waals surface area contributed by atoms with Crippen LogP contribution in [0.25, 0.3) is 0 Å². The average molecular weight is 285 g/mol. The lowest BCUT2D eigenvalue weighted by Crippen LogP contribution is -2.41. The number of carbonyl (C=O) groups is 2. The Kier molecular flexibility index (Phi) is 5.44. The van der Waals surface area contributed by atoms with E-state index in [0.29, 0.717) is 11.1 Å². The van der Waals surface area contributed by atoms with Crippen LogP contribution >= 0.6 is 0 Å². The van der Waals surface area contributed by atoms with Crippen molar-refractivity contribution in [2.45, 2.75) is 52.9 Å². The van der Waals surface area contributed by atoms with Crippen LogP contribution in [0.5, 0.6) is 0 Å². The van der Waals surface area contributed by atoms with E-state index in [0.717, 1.165) is 11.3 Å². The van der Waals surface area contributed by atoms with Crippen LogP contribution in [0.3, 0.4) is 0 Å². The van der Waals surface area contributed by atoms with Gasteiger partial charge in [-0.1, -0.05) is 6.92 Å². The van der Waals surface area contributed by atoms with E-state index in [1.807, 2.05) is 20.8 Å². The molecular weight excluding hydrogens is 262 g/mol. The molecule has 0 aromatic heterocycles. The van der Waals surface area contributed by atoms with E-state index in [4.69, 9.17) is 14.5 Å². The predicted molar refractivity (Wildman–Crippen MR) is 72.4 cm³/mol. The first-order valence-electron chi connectivity index (χ1n) is 6.64. The van der Waals surface area contributed by atoms with Gasteiger partial charge in [0.1, 0.15) is 0 Å². The number of amides is 2. The largest absolute Gasteiger partial charge is 0.352 e. The van der Waals surface area contributed by atoms with Crippen molar-refractivity contribution in [1.29, 1.82) is 0 Å². The molecule has 0 aliphatic carbocycles. The maximum Gasteiger partial charge on any atom is 0.257 e. The molecule has 1 rings (SSSR count). The van der Waals surface area contributed by atoms with Gasteiger partial charge in [-0.25, -0.2) is 9.78 Å². The maximum absolute atomic E-state index is 11.9. The van der Waals surface area contributed by atoms with Crippen LogP contribution in [-0.2, 0) is 24.1 Å². The van der Waals surface area contributed by atoms with Crippen molar-refractivity contribution in [1.82, 2.24) is 4.90 Å². The molecule has 6 nitrogen and oxygen atoms in total. The average Bonchev–Trinajstić information content (AvgIpc) is 2.60. The van der Waals surface area contributed by atoms with Gasteiger partial charge in [0.2, 0.25) is 6.29 Å². The molecule has 6 heteroatoms. The van der Waals surface area contributed by atoms with Crippen molar-refractivity contribution in [2.24, 2.45) is 0 Å². The first-order valence-corrected chi connectivity index (χ1v) is 6.64. The van der Waals surface area contributed by atoms with Crippen molar-refractivity contribution < 1.29 is 24.1 Å². The van der Waals surface area contributed by atoms with Gasteiger partial charge in [-0.3, -0.25) is 14.5 Å². The van der Waals surface area contributed by atoms with Gasteiger partial charge in [-0.15, -0.1) is 0 Å². The minimum atomic E-state index is -0.813. The van der Waals surface area contributed by atoms with Crippen LogP contribution in [-0.4, -0.2) is 42.3 Å². The summed E-state index contributed by atoms with van der Waals surface area (Å²) in [6.07, 6.45) is -0.0578. The fourth-order valence-electron chi connectivity index (χ4n) is 1.52. The van der Waals surface area contributed by atoms with Crippen LogP contribution in [0.2, 0.25) is 0 Å². The number of carbonyl (C=O) groups excluding carboxylic acids is 2. The highest BCUT2D eigenvalue weighted by molar-refractivity contribution is 6.18. The lowest BCUT2D eigenvalue weighted by atomic mass is 10.1. The van der Waals surface area contributed by atoms with E-state index in [2.05, 4.69) is 0 Å². The molecule has 1 atom stereocenters. The molecule has 0 saturated carbocycles. The maximum atomic E-state index is 11.9. The summed E-state index contributed by atoms with van der Waals surface area (Å²) in [4.78, 5) is 35.4. The number of imide groups is 1. The Balaban J connectivity index is 2.63. The Morgan fingerprint density at radius 2 is 1.65 bits per heavy atom. The highest BCUT2D eigenvalue weighted by atomic mass is 17.2. The molecule has 0 spiro atoms. The molecule has 0 aromatic carbocycles. The second kappa shape index (κ2) is 6.47. The van der Waals surface area contributed by atoms with Crippen molar-refractivity contribution in [2.75, 3.05) is 13.7 Å². The predicted octanol–water partition coefficient (Wildman–Crippen LogP) is 1.80. The molecule has 1 aliphatic heterocycles. The van der Waals surface area contributed by atoms with Gasteiger partial charge in [0.25, 0.3) is 11.8 Å². The molecule has 1 aliphatic rings. The summed E-state index contributed by atoms with van der Waals surface area (Å²) in [5.41, 5.74) is 0.458. The molecule has 0 bridgehead atoms. The van der Waals surface area contributed by atoms with Gasteiger partial charge in [0, 0.05) is 18.3 Å². The van der Waals surface area contributed by atoms with Crippen molar-refractivity contribution in [3.05, 3.63) is 11.1 Å². The third kappa shape index (κ3) is 3.65. The number of nitrogens with zero attached hydrogens (tertiary/aromatic N) is 1. The molecule has 114 valence electrons. The van der Waals surface area contributed by atoms with E-state index < -0.39 is 11.9 Å². The molecule has 0 N–H and O–H groups in total. The molecule has 0 fully saturated rings. The second-order valence-electron chi connectivity index (χ2n) is 5.43. The minimum absolute atomic E-state index is 0.00262. The first kappa shape index (κ1) is 16.8. The highest BCUT2D eigenvalue weighted by Gasteiger charge is 2.35. The summed E-state index contributed by atoms with van der Waals surface area (Å²) >= 11 is 0. The Labute approximate surface area is 119 Å². The number of rotatable bonds is 7. The first-order chi connectivity index (χ1) is 9.23. The molecular formula is C14H23NO5. The summed E-state index contributed by atoms with van der Waals surface area (Å²) in [6.45, 7) is 8.99. The van der Waals surface area contributed by atoms with Crippen molar-refractivity contribution in [3.8, 4) is 0 Å². The summed E-state index contributed by atoms with van der Waals surface area (Å²) in [6, 6.07) is 0. The van der Waals surface area contributed by atoms with Gasteiger partial charge in [-0.05, 0) is 34.1 Å². The Morgan fingerprint density at radius 1 is 1.15 bits per heavy atom. The lowest BCUT2D eigenvalue weighted by Gasteiger charge is -2.26. The number of ether oxygens (including phenoxy) is 1. The van der Waals surface area contributed by atoms with Gasteiger partial charge < -0.3 is 4.74 Å². The second-order valence-corrected chi connectivity index (χ2v) is 5.43. The summed E-state index contributed by atoms with van der Waals surface area (Å²) in [5.74, 6) is -0.624. The molecule has 0 aromatic rings. The Hall–Kier alpha value is -1.24.